The Morgan fingerprint density at radius 2 is 2.12 bits per heavy atom. The monoisotopic (exact) mass is 375 g/mol. The van der Waals surface area contributed by atoms with Gasteiger partial charge in [-0.25, -0.2) is 13.4 Å². The Balaban J connectivity index is 1.75. The lowest BCUT2D eigenvalue weighted by Gasteiger charge is -2.09. The second-order valence-electron chi connectivity index (χ2n) is 5.49. The molecule has 1 aromatic carbocycles. The lowest BCUT2D eigenvalue weighted by atomic mass is 10.2. The fourth-order valence-electron chi connectivity index (χ4n) is 2.41. The van der Waals surface area contributed by atoms with Gasteiger partial charge in [0.25, 0.3) is 5.91 Å². The molecule has 0 aliphatic carbocycles. The van der Waals surface area contributed by atoms with Crippen molar-refractivity contribution in [2.75, 3.05) is 12.8 Å². The smallest absolute Gasteiger partial charge is 0.251 e. The zero-order valence-corrected chi connectivity index (χ0v) is 15.2. The summed E-state index contributed by atoms with van der Waals surface area (Å²) in [5.74, 6) is -0.195. The summed E-state index contributed by atoms with van der Waals surface area (Å²) < 4.78 is 25.1. The summed E-state index contributed by atoms with van der Waals surface area (Å²) in [7, 11) is -3.46. The van der Waals surface area contributed by atoms with Gasteiger partial charge in [0.15, 0.2) is 0 Å². The third-order valence-corrected chi connectivity index (χ3v) is 5.46. The Hall–Kier alpha value is -2.45. The highest BCUT2D eigenvalue weighted by Crippen LogP contribution is 2.16. The molecule has 0 bridgehead atoms. The van der Waals surface area contributed by atoms with E-state index in [0.717, 1.165) is 12.7 Å². The van der Waals surface area contributed by atoms with Crippen LogP contribution in [0.5, 0.6) is 0 Å². The van der Waals surface area contributed by atoms with Crippen molar-refractivity contribution in [2.45, 2.75) is 11.6 Å². The molecule has 6 nitrogen and oxygen atoms in total. The number of sulfone groups is 1. The van der Waals surface area contributed by atoms with Crippen LogP contribution in [-0.2, 0) is 16.3 Å². The number of carbonyl (C=O) groups is 1. The number of nitrogens with zero attached hydrogens (tertiary/aromatic N) is 2. The van der Waals surface area contributed by atoms with Crippen molar-refractivity contribution >= 4 is 27.1 Å². The van der Waals surface area contributed by atoms with Crippen molar-refractivity contribution in [3.05, 3.63) is 64.6 Å². The Kier molecular flexibility index (Phi) is 5.00. The molecular weight excluding hydrogens is 358 g/mol. The van der Waals surface area contributed by atoms with E-state index in [9.17, 15) is 13.2 Å². The molecule has 130 valence electrons. The number of rotatable bonds is 6. The topological polar surface area (TPSA) is 81.1 Å². The number of benzene rings is 1. The minimum atomic E-state index is -3.46. The van der Waals surface area contributed by atoms with E-state index in [-0.39, 0.29) is 11.1 Å². The number of carbonyl (C=O) groups excluding carboxylic acids is 1. The molecule has 0 saturated carbocycles. The predicted molar refractivity (Wildman–Crippen MR) is 97.0 cm³/mol. The summed E-state index contributed by atoms with van der Waals surface area (Å²) >= 11 is 1.66. The minimum absolute atomic E-state index is 0.0530. The maximum Gasteiger partial charge on any atom is 0.251 e. The Morgan fingerprint density at radius 1 is 1.28 bits per heavy atom. The van der Waals surface area contributed by atoms with Crippen molar-refractivity contribution in [3.8, 4) is 5.69 Å². The second kappa shape index (κ2) is 7.20. The molecule has 25 heavy (non-hydrogen) atoms. The Bertz CT molecular complexity index is 976. The average molecular weight is 375 g/mol. The summed E-state index contributed by atoms with van der Waals surface area (Å²) in [5, 5.41) is 4.83. The maximum atomic E-state index is 12.3. The van der Waals surface area contributed by atoms with Gasteiger partial charge in [-0.15, -0.1) is 11.3 Å². The highest BCUT2D eigenvalue weighted by atomic mass is 32.2. The van der Waals surface area contributed by atoms with Crippen molar-refractivity contribution in [2.24, 2.45) is 0 Å². The summed E-state index contributed by atoms with van der Waals surface area (Å²) in [6, 6.07) is 10.8. The SMILES string of the molecule is CS(=O)(=O)c1nccn1-c1cccc(C(=O)NCCc2cccs2)c1. The fraction of sp³-hybridized carbons (Fsp3) is 0.176. The van der Waals surface area contributed by atoms with Crippen LogP contribution in [0.25, 0.3) is 5.69 Å². The number of hydrogen-bond donors (Lipinski definition) is 1. The van der Waals surface area contributed by atoms with E-state index < -0.39 is 9.84 Å². The molecule has 3 aromatic rings. The first-order valence-electron chi connectivity index (χ1n) is 7.59. The van der Waals surface area contributed by atoms with E-state index in [0.29, 0.717) is 17.8 Å². The molecule has 1 N–H and O–H groups in total. The summed E-state index contributed by atoms with van der Waals surface area (Å²) in [4.78, 5) is 17.4. The van der Waals surface area contributed by atoms with Gasteiger partial charge in [0.05, 0.1) is 0 Å². The number of thiophene rings is 1. The molecule has 0 atom stereocenters. The van der Waals surface area contributed by atoms with Gasteiger partial charge in [0.1, 0.15) is 0 Å². The van der Waals surface area contributed by atoms with E-state index in [1.54, 1.807) is 41.8 Å². The highest BCUT2D eigenvalue weighted by Gasteiger charge is 2.16. The number of amides is 1. The normalized spacial score (nSPS) is 11.4. The number of aromatic nitrogens is 2. The van der Waals surface area contributed by atoms with Gasteiger partial charge in [-0.05, 0) is 36.1 Å². The maximum absolute atomic E-state index is 12.3. The summed E-state index contributed by atoms with van der Waals surface area (Å²) in [5.41, 5.74) is 1.04. The molecule has 0 fully saturated rings. The van der Waals surface area contributed by atoms with Gasteiger partial charge in [0.2, 0.25) is 15.0 Å². The van der Waals surface area contributed by atoms with Crippen LogP contribution in [0.4, 0.5) is 0 Å². The van der Waals surface area contributed by atoms with Crippen LogP contribution in [0, 0.1) is 0 Å². The van der Waals surface area contributed by atoms with Crippen LogP contribution in [0.3, 0.4) is 0 Å². The molecule has 0 radical (unpaired) electrons. The van der Waals surface area contributed by atoms with Crippen LogP contribution in [0.1, 0.15) is 15.2 Å². The zero-order chi connectivity index (χ0) is 17.9. The molecule has 0 saturated heterocycles. The molecular formula is C17H17N3O3S2. The van der Waals surface area contributed by atoms with E-state index in [2.05, 4.69) is 10.3 Å². The van der Waals surface area contributed by atoms with Gasteiger partial charge in [-0.3, -0.25) is 9.36 Å². The van der Waals surface area contributed by atoms with Crippen molar-refractivity contribution < 1.29 is 13.2 Å². The number of imidazole rings is 1. The highest BCUT2D eigenvalue weighted by molar-refractivity contribution is 7.90. The van der Waals surface area contributed by atoms with Gasteiger partial charge < -0.3 is 5.32 Å². The zero-order valence-electron chi connectivity index (χ0n) is 13.5. The van der Waals surface area contributed by atoms with Crippen molar-refractivity contribution in [3.63, 3.8) is 0 Å². The van der Waals surface area contributed by atoms with Crippen molar-refractivity contribution in [1.82, 2.24) is 14.9 Å². The molecule has 2 heterocycles. The molecule has 0 unspecified atom stereocenters. The summed E-state index contributed by atoms with van der Waals surface area (Å²) in [6.07, 6.45) is 4.87. The van der Waals surface area contributed by atoms with Crippen LogP contribution >= 0.6 is 11.3 Å². The van der Waals surface area contributed by atoms with Crippen molar-refractivity contribution in [1.29, 1.82) is 0 Å². The van der Waals surface area contributed by atoms with E-state index in [1.807, 2.05) is 17.5 Å². The molecule has 0 aliphatic heterocycles. The van der Waals surface area contributed by atoms with Crippen LogP contribution < -0.4 is 5.32 Å². The summed E-state index contributed by atoms with van der Waals surface area (Å²) in [6.45, 7) is 0.545. The Morgan fingerprint density at radius 3 is 2.84 bits per heavy atom. The molecule has 3 rings (SSSR count). The predicted octanol–water partition coefficient (Wildman–Crippen LogP) is 2.31. The van der Waals surface area contributed by atoms with Crippen LogP contribution in [-0.4, -0.2) is 36.7 Å². The first kappa shape index (κ1) is 17.4. The average Bonchev–Trinajstić information content (AvgIpc) is 3.26. The molecule has 1 amide bonds. The van der Waals surface area contributed by atoms with Gasteiger partial charge in [0, 0.05) is 41.3 Å². The third-order valence-electron chi connectivity index (χ3n) is 3.56. The van der Waals surface area contributed by atoms with Gasteiger partial charge in [-0.2, -0.15) is 0 Å². The largest absolute Gasteiger partial charge is 0.352 e. The fourth-order valence-corrected chi connectivity index (χ4v) is 3.90. The Labute approximate surface area is 150 Å². The van der Waals surface area contributed by atoms with Gasteiger partial charge in [-0.1, -0.05) is 12.1 Å². The quantitative estimate of drug-likeness (QED) is 0.717. The first-order chi connectivity index (χ1) is 11.9. The van der Waals surface area contributed by atoms with Gasteiger partial charge >= 0.3 is 0 Å². The first-order valence-corrected chi connectivity index (χ1v) is 10.4. The van der Waals surface area contributed by atoms with Crippen LogP contribution in [0.15, 0.2) is 59.3 Å². The lowest BCUT2D eigenvalue weighted by molar-refractivity contribution is 0.0954. The van der Waals surface area contributed by atoms with E-state index in [1.165, 1.54) is 15.6 Å². The van der Waals surface area contributed by atoms with Crippen LogP contribution in [0.2, 0.25) is 0 Å². The molecule has 0 aliphatic rings. The minimum Gasteiger partial charge on any atom is -0.352 e. The third kappa shape index (κ3) is 4.15. The lowest BCUT2D eigenvalue weighted by Crippen LogP contribution is -2.25. The van der Waals surface area contributed by atoms with E-state index in [4.69, 9.17) is 0 Å². The van der Waals surface area contributed by atoms with E-state index >= 15 is 0 Å². The standard InChI is InChI=1S/C17H17N3O3S2/c1-25(22,23)17-19-9-10-20(17)14-5-2-4-13(12-14)16(21)18-8-7-15-6-3-11-24-15/h2-6,9-12H,7-8H2,1H3,(H,18,21). The number of hydrogen-bond acceptors (Lipinski definition) is 5. The second-order valence-corrected chi connectivity index (χ2v) is 8.43. The molecule has 0 spiro atoms. The number of nitrogens with one attached hydrogen (secondary N) is 1. The molecule has 8 heteroatoms. The molecule has 2 aromatic heterocycles.